The van der Waals surface area contributed by atoms with E-state index in [0.717, 1.165) is 18.5 Å². The Morgan fingerprint density at radius 2 is 1.79 bits per heavy atom. The van der Waals surface area contributed by atoms with Gasteiger partial charge < -0.3 is 5.73 Å². The summed E-state index contributed by atoms with van der Waals surface area (Å²) in [5, 5.41) is 1.22. The SMILES string of the molecule is Cc1ccc(CC(CN)Cc2nc(C)c(C)s2)cc1. The largest absolute Gasteiger partial charge is 0.330 e. The highest BCUT2D eigenvalue weighted by Gasteiger charge is 2.12. The van der Waals surface area contributed by atoms with Crippen LogP contribution in [0.3, 0.4) is 0 Å². The number of hydrogen-bond donors (Lipinski definition) is 1. The summed E-state index contributed by atoms with van der Waals surface area (Å²) in [6.07, 6.45) is 2.03. The van der Waals surface area contributed by atoms with E-state index in [1.165, 1.54) is 21.0 Å². The van der Waals surface area contributed by atoms with Gasteiger partial charge in [-0.3, -0.25) is 0 Å². The van der Waals surface area contributed by atoms with E-state index >= 15 is 0 Å². The molecule has 0 aliphatic heterocycles. The minimum atomic E-state index is 0.479. The second kappa shape index (κ2) is 6.31. The van der Waals surface area contributed by atoms with Gasteiger partial charge in [0.2, 0.25) is 0 Å². The van der Waals surface area contributed by atoms with Crippen LogP contribution in [0.25, 0.3) is 0 Å². The molecule has 2 N–H and O–H groups in total. The zero-order valence-corrected chi connectivity index (χ0v) is 12.8. The molecule has 0 fully saturated rings. The standard InChI is InChI=1S/C16H22N2S/c1-11-4-6-14(7-5-11)8-15(10-17)9-16-18-12(2)13(3)19-16/h4-7,15H,8-10,17H2,1-3H3. The van der Waals surface area contributed by atoms with Gasteiger partial charge in [-0.05, 0) is 45.2 Å². The molecule has 0 spiro atoms. The number of nitrogens with two attached hydrogens (primary N) is 1. The predicted molar refractivity (Wildman–Crippen MR) is 82.7 cm³/mol. The van der Waals surface area contributed by atoms with Crippen LogP contribution in [0.5, 0.6) is 0 Å². The zero-order valence-electron chi connectivity index (χ0n) is 11.9. The molecule has 1 aromatic carbocycles. The number of hydrogen-bond acceptors (Lipinski definition) is 3. The summed E-state index contributed by atoms with van der Waals surface area (Å²) in [5.74, 6) is 0.479. The van der Waals surface area contributed by atoms with E-state index in [2.05, 4.69) is 50.0 Å². The zero-order chi connectivity index (χ0) is 13.8. The number of aryl methyl sites for hydroxylation is 3. The average molecular weight is 274 g/mol. The molecule has 2 aromatic rings. The molecule has 0 aliphatic rings. The van der Waals surface area contributed by atoms with Gasteiger partial charge >= 0.3 is 0 Å². The number of rotatable bonds is 5. The molecule has 2 rings (SSSR count). The lowest BCUT2D eigenvalue weighted by Crippen LogP contribution is -2.19. The molecule has 1 aromatic heterocycles. The summed E-state index contributed by atoms with van der Waals surface area (Å²) in [6, 6.07) is 8.74. The van der Waals surface area contributed by atoms with Crippen molar-refractivity contribution in [2.45, 2.75) is 33.6 Å². The van der Waals surface area contributed by atoms with Gasteiger partial charge in [0.25, 0.3) is 0 Å². The lowest BCUT2D eigenvalue weighted by Gasteiger charge is -2.13. The quantitative estimate of drug-likeness (QED) is 0.907. The Balaban J connectivity index is 2.02. The summed E-state index contributed by atoms with van der Waals surface area (Å²) in [4.78, 5) is 5.94. The molecule has 0 bridgehead atoms. The Labute approximate surface area is 119 Å². The van der Waals surface area contributed by atoms with Crippen molar-refractivity contribution in [1.29, 1.82) is 0 Å². The van der Waals surface area contributed by atoms with Crippen molar-refractivity contribution in [3.8, 4) is 0 Å². The summed E-state index contributed by atoms with van der Waals surface area (Å²) in [6.45, 7) is 7.04. The van der Waals surface area contributed by atoms with Gasteiger partial charge in [-0.25, -0.2) is 4.98 Å². The van der Waals surface area contributed by atoms with E-state index < -0.39 is 0 Å². The third-order valence-electron chi connectivity index (χ3n) is 3.51. The molecule has 0 saturated heterocycles. The minimum absolute atomic E-state index is 0.479. The Morgan fingerprint density at radius 3 is 2.32 bits per heavy atom. The van der Waals surface area contributed by atoms with Crippen molar-refractivity contribution >= 4 is 11.3 Å². The summed E-state index contributed by atoms with van der Waals surface area (Å²) in [5.41, 5.74) is 9.75. The third-order valence-corrected chi connectivity index (χ3v) is 4.61. The van der Waals surface area contributed by atoms with Crippen LogP contribution < -0.4 is 5.73 Å². The molecule has 0 radical (unpaired) electrons. The second-order valence-electron chi connectivity index (χ2n) is 5.24. The van der Waals surface area contributed by atoms with Gasteiger partial charge in [0, 0.05) is 11.3 Å². The van der Waals surface area contributed by atoms with Gasteiger partial charge in [0.05, 0.1) is 10.7 Å². The normalized spacial score (nSPS) is 12.6. The number of aromatic nitrogens is 1. The first-order chi connectivity index (χ1) is 9.08. The fourth-order valence-corrected chi connectivity index (χ4v) is 3.22. The minimum Gasteiger partial charge on any atom is -0.330 e. The van der Waals surface area contributed by atoms with Crippen LogP contribution in [0, 0.1) is 26.7 Å². The van der Waals surface area contributed by atoms with Crippen LogP contribution in [0.15, 0.2) is 24.3 Å². The fraction of sp³-hybridized carbons (Fsp3) is 0.438. The molecule has 1 atom stereocenters. The van der Waals surface area contributed by atoms with E-state index in [9.17, 15) is 0 Å². The highest BCUT2D eigenvalue weighted by atomic mass is 32.1. The molecule has 1 heterocycles. The first-order valence-corrected chi connectivity index (χ1v) is 7.58. The van der Waals surface area contributed by atoms with E-state index in [-0.39, 0.29) is 0 Å². The number of benzene rings is 1. The summed E-state index contributed by atoms with van der Waals surface area (Å²) < 4.78 is 0. The molecule has 0 aliphatic carbocycles. The summed E-state index contributed by atoms with van der Waals surface area (Å²) in [7, 11) is 0. The first-order valence-electron chi connectivity index (χ1n) is 6.77. The lowest BCUT2D eigenvalue weighted by atomic mass is 9.96. The first kappa shape index (κ1) is 14.2. The van der Waals surface area contributed by atoms with E-state index in [1.54, 1.807) is 11.3 Å². The molecule has 19 heavy (non-hydrogen) atoms. The van der Waals surface area contributed by atoms with E-state index in [4.69, 9.17) is 5.73 Å². The Kier molecular flexibility index (Phi) is 4.72. The van der Waals surface area contributed by atoms with Crippen molar-refractivity contribution in [2.75, 3.05) is 6.54 Å². The highest BCUT2D eigenvalue weighted by Crippen LogP contribution is 2.21. The van der Waals surface area contributed by atoms with Gasteiger partial charge in [0.15, 0.2) is 0 Å². The fourth-order valence-electron chi connectivity index (χ4n) is 2.17. The van der Waals surface area contributed by atoms with Crippen LogP contribution in [-0.2, 0) is 12.8 Å². The number of nitrogens with zero attached hydrogens (tertiary/aromatic N) is 1. The van der Waals surface area contributed by atoms with Crippen molar-refractivity contribution in [3.63, 3.8) is 0 Å². The predicted octanol–water partition coefficient (Wildman–Crippen LogP) is 3.43. The number of thiazole rings is 1. The lowest BCUT2D eigenvalue weighted by molar-refractivity contribution is 0.531. The van der Waals surface area contributed by atoms with Crippen molar-refractivity contribution in [1.82, 2.24) is 4.98 Å². The van der Waals surface area contributed by atoms with Crippen LogP contribution in [0.1, 0.15) is 26.7 Å². The average Bonchev–Trinajstić information content (AvgIpc) is 2.70. The molecule has 1 unspecified atom stereocenters. The molecule has 2 nitrogen and oxygen atoms in total. The van der Waals surface area contributed by atoms with Gasteiger partial charge in [0.1, 0.15) is 0 Å². The molecule has 3 heteroatoms. The Hall–Kier alpha value is -1.19. The molecular formula is C16H22N2S. The molecular weight excluding hydrogens is 252 g/mol. The molecule has 0 saturated carbocycles. The third kappa shape index (κ3) is 3.88. The van der Waals surface area contributed by atoms with Gasteiger partial charge in [-0.2, -0.15) is 0 Å². The van der Waals surface area contributed by atoms with Crippen molar-refractivity contribution in [3.05, 3.63) is 51.0 Å². The van der Waals surface area contributed by atoms with E-state index in [0.29, 0.717) is 12.5 Å². The monoisotopic (exact) mass is 274 g/mol. The smallest absolute Gasteiger partial charge is 0.0934 e. The van der Waals surface area contributed by atoms with E-state index in [1.807, 2.05) is 0 Å². The maximum atomic E-state index is 5.92. The van der Waals surface area contributed by atoms with Crippen LogP contribution in [0.4, 0.5) is 0 Å². The van der Waals surface area contributed by atoms with Gasteiger partial charge in [-0.1, -0.05) is 29.8 Å². The second-order valence-corrected chi connectivity index (χ2v) is 6.53. The van der Waals surface area contributed by atoms with Crippen molar-refractivity contribution < 1.29 is 0 Å². The maximum absolute atomic E-state index is 5.92. The summed E-state index contributed by atoms with van der Waals surface area (Å²) >= 11 is 1.80. The van der Waals surface area contributed by atoms with Crippen LogP contribution in [0.2, 0.25) is 0 Å². The topological polar surface area (TPSA) is 38.9 Å². The van der Waals surface area contributed by atoms with Gasteiger partial charge in [-0.15, -0.1) is 11.3 Å². The van der Waals surface area contributed by atoms with Crippen LogP contribution in [-0.4, -0.2) is 11.5 Å². The Morgan fingerprint density at radius 1 is 1.11 bits per heavy atom. The van der Waals surface area contributed by atoms with Crippen molar-refractivity contribution in [2.24, 2.45) is 11.7 Å². The Bertz CT molecular complexity index is 509. The molecule has 102 valence electrons. The molecule has 0 amide bonds. The highest BCUT2D eigenvalue weighted by molar-refractivity contribution is 7.11. The van der Waals surface area contributed by atoms with Crippen LogP contribution >= 0.6 is 11.3 Å². The maximum Gasteiger partial charge on any atom is 0.0934 e.